The van der Waals surface area contributed by atoms with Gasteiger partial charge in [-0.2, -0.15) is 11.8 Å². The zero-order chi connectivity index (χ0) is 9.97. The molecule has 2 rings (SSSR count). The standard InChI is InChI=1S/C12H23NS/c1-3-14-8-9(2)13-12(10-4-5-10)11-6-7-11/h9-13H,3-8H2,1-2H3. The fourth-order valence-electron chi connectivity index (χ4n) is 2.24. The molecule has 0 bridgehead atoms. The molecule has 0 aromatic rings. The lowest BCUT2D eigenvalue weighted by Crippen LogP contribution is -2.40. The SMILES string of the molecule is CCSCC(C)NC(C1CC1)C1CC1. The lowest BCUT2D eigenvalue weighted by atomic mass is 10.1. The van der Waals surface area contributed by atoms with E-state index in [0.717, 1.165) is 17.9 Å². The second-order valence-corrected chi connectivity index (χ2v) is 6.25. The summed E-state index contributed by atoms with van der Waals surface area (Å²) in [7, 11) is 0. The molecule has 14 heavy (non-hydrogen) atoms. The van der Waals surface area contributed by atoms with Gasteiger partial charge in [0, 0.05) is 17.8 Å². The van der Waals surface area contributed by atoms with Crippen molar-refractivity contribution in [2.24, 2.45) is 11.8 Å². The summed E-state index contributed by atoms with van der Waals surface area (Å²) in [5, 5.41) is 3.85. The van der Waals surface area contributed by atoms with E-state index in [2.05, 4.69) is 30.9 Å². The molecule has 0 spiro atoms. The van der Waals surface area contributed by atoms with Gasteiger partial charge in [-0.25, -0.2) is 0 Å². The Labute approximate surface area is 92.4 Å². The van der Waals surface area contributed by atoms with Gasteiger partial charge < -0.3 is 5.32 Å². The highest BCUT2D eigenvalue weighted by Gasteiger charge is 2.41. The van der Waals surface area contributed by atoms with Gasteiger partial charge in [0.25, 0.3) is 0 Å². The third-order valence-electron chi connectivity index (χ3n) is 3.31. The first-order chi connectivity index (χ1) is 6.81. The van der Waals surface area contributed by atoms with Crippen molar-refractivity contribution in [2.45, 2.75) is 51.6 Å². The van der Waals surface area contributed by atoms with E-state index in [1.54, 1.807) is 0 Å². The largest absolute Gasteiger partial charge is 0.310 e. The minimum Gasteiger partial charge on any atom is -0.310 e. The summed E-state index contributed by atoms with van der Waals surface area (Å²) in [5.74, 6) is 4.61. The van der Waals surface area contributed by atoms with Crippen LogP contribution < -0.4 is 5.32 Å². The van der Waals surface area contributed by atoms with Crippen LogP contribution in [-0.2, 0) is 0 Å². The molecule has 0 heterocycles. The molecule has 1 nitrogen and oxygen atoms in total. The van der Waals surface area contributed by atoms with Crippen molar-refractivity contribution in [1.82, 2.24) is 5.32 Å². The van der Waals surface area contributed by atoms with Crippen molar-refractivity contribution in [2.75, 3.05) is 11.5 Å². The quantitative estimate of drug-likeness (QED) is 0.698. The Kier molecular flexibility index (Phi) is 3.78. The fourth-order valence-corrected chi connectivity index (χ4v) is 2.92. The van der Waals surface area contributed by atoms with E-state index >= 15 is 0 Å². The maximum absolute atomic E-state index is 3.85. The molecule has 2 aliphatic rings. The number of rotatable bonds is 7. The van der Waals surface area contributed by atoms with Crippen LogP contribution in [0.25, 0.3) is 0 Å². The van der Waals surface area contributed by atoms with Crippen LogP contribution in [0.3, 0.4) is 0 Å². The maximum Gasteiger partial charge on any atom is 0.0132 e. The van der Waals surface area contributed by atoms with Crippen molar-refractivity contribution < 1.29 is 0 Å². The molecule has 1 unspecified atom stereocenters. The fraction of sp³-hybridized carbons (Fsp3) is 1.00. The molecule has 2 heteroatoms. The second kappa shape index (κ2) is 4.89. The number of hydrogen-bond donors (Lipinski definition) is 1. The lowest BCUT2D eigenvalue weighted by Gasteiger charge is -2.22. The zero-order valence-corrected chi connectivity index (χ0v) is 10.3. The summed E-state index contributed by atoms with van der Waals surface area (Å²) >= 11 is 2.06. The number of hydrogen-bond acceptors (Lipinski definition) is 2. The third-order valence-corrected chi connectivity index (χ3v) is 4.45. The van der Waals surface area contributed by atoms with Crippen molar-refractivity contribution in [1.29, 1.82) is 0 Å². The molecule has 1 N–H and O–H groups in total. The van der Waals surface area contributed by atoms with Crippen LogP contribution in [0.4, 0.5) is 0 Å². The van der Waals surface area contributed by atoms with Gasteiger partial charge in [0.05, 0.1) is 0 Å². The van der Waals surface area contributed by atoms with Crippen molar-refractivity contribution in [3.8, 4) is 0 Å². The summed E-state index contributed by atoms with van der Waals surface area (Å²) in [4.78, 5) is 0. The summed E-state index contributed by atoms with van der Waals surface area (Å²) in [6.07, 6.45) is 5.95. The van der Waals surface area contributed by atoms with Gasteiger partial charge in [-0.3, -0.25) is 0 Å². The minimum atomic E-state index is 0.714. The smallest absolute Gasteiger partial charge is 0.0132 e. The van der Waals surface area contributed by atoms with Gasteiger partial charge in [0.1, 0.15) is 0 Å². The molecule has 0 radical (unpaired) electrons. The molecule has 0 amide bonds. The van der Waals surface area contributed by atoms with Crippen LogP contribution in [0.5, 0.6) is 0 Å². The van der Waals surface area contributed by atoms with Crippen LogP contribution in [-0.4, -0.2) is 23.6 Å². The van der Waals surface area contributed by atoms with E-state index in [9.17, 15) is 0 Å². The monoisotopic (exact) mass is 213 g/mol. The summed E-state index contributed by atoms with van der Waals surface area (Å²) in [5.41, 5.74) is 0. The first kappa shape index (κ1) is 10.8. The van der Waals surface area contributed by atoms with E-state index in [1.807, 2.05) is 0 Å². The van der Waals surface area contributed by atoms with Gasteiger partial charge in [0.2, 0.25) is 0 Å². The van der Waals surface area contributed by atoms with Gasteiger partial charge >= 0.3 is 0 Å². The molecular formula is C12H23NS. The molecule has 2 saturated carbocycles. The van der Waals surface area contributed by atoms with E-state index in [1.165, 1.54) is 37.2 Å². The Morgan fingerprint density at radius 2 is 1.79 bits per heavy atom. The Morgan fingerprint density at radius 1 is 1.21 bits per heavy atom. The Morgan fingerprint density at radius 3 is 2.21 bits per heavy atom. The van der Waals surface area contributed by atoms with Gasteiger partial charge in [-0.05, 0) is 50.2 Å². The van der Waals surface area contributed by atoms with E-state index in [4.69, 9.17) is 0 Å². The molecule has 0 saturated heterocycles. The number of nitrogens with one attached hydrogen (secondary N) is 1. The van der Waals surface area contributed by atoms with Gasteiger partial charge in [-0.15, -0.1) is 0 Å². The van der Waals surface area contributed by atoms with Gasteiger partial charge in [-0.1, -0.05) is 6.92 Å². The molecule has 0 aromatic carbocycles. The van der Waals surface area contributed by atoms with E-state index in [-0.39, 0.29) is 0 Å². The van der Waals surface area contributed by atoms with Crippen molar-refractivity contribution >= 4 is 11.8 Å². The van der Waals surface area contributed by atoms with Crippen molar-refractivity contribution in [3.63, 3.8) is 0 Å². The highest BCUT2D eigenvalue weighted by atomic mass is 32.2. The van der Waals surface area contributed by atoms with E-state index in [0.29, 0.717) is 6.04 Å². The summed E-state index contributed by atoms with van der Waals surface area (Å²) in [6, 6.07) is 1.59. The highest BCUT2D eigenvalue weighted by molar-refractivity contribution is 7.99. The first-order valence-electron chi connectivity index (χ1n) is 6.15. The first-order valence-corrected chi connectivity index (χ1v) is 7.30. The predicted molar refractivity (Wildman–Crippen MR) is 64.8 cm³/mol. The Hall–Kier alpha value is 0.310. The Balaban J connectivity index is 1.69. The minimum absolute atomic E-state index is 0.714. The summed E-state index contributed by atoms with van der Waals surface area (Å²) in [6.45, 7) is 4.59. The Bertz CT molecular complexity index is 163. The maximum atomic E-state index is 3.85. The molecule has 82 valence electrons. The molecular weight excluding hydrogens is 190 g/mol. The van der Waals surface area contributed by atoms with Crippen molar-refractivity contribution in [3.05, 3.63) is 0 Å². The normalized spacial score (nSPS) is 24.2. The zero-order valence-electron chi connectivity index (χ0n) is 9.46. The average molecular weight is 213 g/mol. The molecule has 2 aliphatic carbocycles. The highest BCUT2D eigenvalue weighted by Crippen LogP contribution is 2.44. The topological polar surface area (TPSA) is 12.0 Å². The van der Waals surface area contributed by atoms with Crippen LogP contribution in [0.15, 0.2) is 0 Å². The second-order valence-electron chi connectivity index (χ2n) is 4.93. The third kappa shape index (κ3) is 3.16. The van der Waals surface area contributed by atoms with E-state index < -0.39 is 0 Å². The van der Waals surface area contributed by atoms with Gasteiger partial charge in [0.15, 0.2) is 0 Å². The molecule has 2 fully saturated rings. The lowest BCUT2D eigenvalue weighted by molar-refractivity contribution is 0.387. The molecule has 0 aromatic heterocycles. The molecule has 1 atom stereocenters. The summed E-state index contributed by atoms with van der Waals surface area (Å²) < 4.78 is 0. The molecule has 0 aliphatic heterocycles. The predicted octanol–water partition coefficient (Wildman–Crippen LogP) is 2.91. The average Bonchev–Trinajstić information content (AvgIpc) is 3.04. The van der Waals surface area contributed by atoms with Crippen LogP contribution >= 0.6 is 11.8 Å². The van der Waals surface area contributed by atoms with Crippen LogP contribution in [0, 0.1) is 11.8 Å². The van der Waals surface area contributed by atoms with Crippen LogP contribution in [0.1, 0.15) is 39.5 Å². The van der Waals surface area contributed by atoms with Crippen LogP contribution in [0.2, 0.25) is 0 Å². The number of thioether (sulfide) groups is 1.